The quantitative estimate of drug-likeness (QED) is 0.0684. The van der Waals surface area contributed by atoms with Gasteiger partial charge in [-0.05, 0) is 142 Å². The van der Waals surface area contributed by atoms with Crippen LogP contribution in [-0.4, -0.2) is 64.2 Å². The van der Waals surface area contributed by atoms with Gasteiger partial charge in [0.25, 0.3) is 0 Å². The Bertz CT molecular complexity index is 3210. The van der Waals surface area contributed by atoms with Crippen LogP contribution in [0, 0.1) is 0 Å². The van der Waals surface area contributed by atoms with Crippen LogP contribution in [0.1, 0.15) is 86.5 Å². The molecule has 0 radical (unpaired) electrons. The monoisotopic (exact) mass is 894 g/mol. The fourth-order valence-electron chi connectivity index (χ4n) is 8.71. The molecule has 7 aromatic rings. The van der Waals surface area contributed by atoms with Crippen LogP contribution in [0.5, 0.6) is 0 Å². The Labute approximate surface area is 387 Å². The maximum absolute atomic E-state index is 12.2. The number of carbonyl (C=O) groups is 4. The molecule has 0 unspecified atom stereocenters. The van der Waals surface area contributed by atoms with E-state index in [1.807, 2.05) is 48.6 Å². The first kappa shape index (κ1) is 43.6. The number of hydrogen-bond donors (Lipinski definition) is 6. The van der Waals surface area contributed by atoms with Gasteiger partial charge in [-0.15, -0.1) is 0 Å². The van der Waals surface area contributed by atoms with E-state index >= 15 is 0 Å². The molecule has 2 aliphatic heterocycles. The van der Waals surface area contributed by atoms with Gasteiger partial charge in [-0.25, -0.2) is 29.1 Å². The summed E-state index contributed by atoms with van der Waals surface area (Å²) in [6.45, 7) is 16.1. The summed E-state index contributed by atoms with van der Waals surface area (Å²) in [5.74, 6) is -4.44. The molecule has 0 saturated carbocycles. The molecule has 330 valence electrons. The van der Waals surface area contributed by atoms with Crippen molar-refractivity contribution in [2.75, 3.05) is 0 Å². The third-order valence-corrected chi connectivity index (χ3v) is 11.9. The minimum absolute atomic E-state index is 0.0606. The van der Waals surface area contributed by atoms with E-state index in [-0.39, 0.29) is 22.3 Å². The van der Waals surface area contributed by atoms with Crippen molar-refractivity contribution in [3.63, 3.8) is 0 Å². The van der Waals surface area contributed by atoms with Crippen molar-refractivity contribution >= 4 is 94.6 Å². The maximum Gasteiger partial charge on any atom is 0.335 e. The van der Waals surface area contributed by atoms with Crippen molar-refractivity contribution < 1.29 is 39.6 Å². The molecule has 2 aliphatic rings. The first-order valence-corrected chi connectivity index (χ1v) is 21.0. The Morgan fingerprint density at radius 2 is 0.588 bits per heavy atom. The van der Waals surface area contributed by atoms with E-state index in [1.54, 1.807) is 48.6 Å². The minimum atomic E-state index is -1.11. The number of carboxylic acid groups (broad SMARTS) is 4. The van der Waals surface area contributed by atoms with Gasteiger partial charge in [0.15, 0.2) is 0 Å². The number of hydrogen-bond acceptors (Lipinski definition) is 6. The molecule has 9 rings (SSSR count). The van der Waals surface area contributed by atoms with Gasteiger partial charge >= 0.3 is 23.9 Å². The first-order valence-electron chi connectivity index (χ1n) is 21.0. The molecular formula is C56H38N4O8. The summed E-state index contributed by atoms with van der Waals surface area (Å²) in [5, 5.41) is 39.8. The van der Waals surface area contributed by atoms with Gasteiger partial charge in [-0.3, -0.25) is 0 Å². The number of nitrogens with one attached hydrogen (secondary N) is 2. The summed E-state index contributed by atoms with van der Waals surface area (Å²) in [6, 6.07) is 26.5. The molecule has 0 atom stereocenters. The molecule has 68 heavy (non-hydrogen) atoms. The predicted octanol–water partition coefficient (Wildman–Crippen LogP) is 12.7. The average Bonchev–Trinajstić information content (AvgIpc) is 4.20. The highest BCUT2D eigenvalue weighted by Crippen LogP contribution is 2.41. The second kappa shape index (κ2) is 17.4. The van der Waals surface area contributed by atoms with Gasteiger partial charge in [0, 0.05) is 44.3 Å². The number of carboxylic acids is 4. The zero-order chi connectivity index (χ0) is 48.0. The standard InChI is InChI=1S/C56H38N4O8/c1-5-29-25-33(53(61)62)9-13-37(29)49-41-17-19-43(57-41)50(38-14-10-34(54(63)64)26-30(38)6-2)45-21-23-47(59-45)52(40-16-12-36(56(67)68)28-32(40)8-4)48-24-22-46(60-48)51(44-20-18-42(49)58-44)39-15-11-35(55(65)66)27-31(39)7-3/h5-28,57,60H,1-4H2,(H,61,62)(H,63,64)(H,65,66)(H,67,68). The summed E-state index contributed by atoms with van der Waals surface area (Å²) < 4.78 is 0. The van der Waals surface area contributed by atoms with Crippen molar-refractivity contribution in [3.8, 4) is 44.5 Å². The maximum atomic E-state index is 12.2. The molecule has 0 aliphatic carbocycles. The number of fused-ring (bicyclic) bond motifs is 8. The van der Waals surface area contributed by atoms with E-state index in [2.05, 4.69) is 36.3 Å². The topological polar surface area (TPSA) is 207 Å². The van der Waals surface area contributed by atoms with Gasteiger partial charge in [-0.2, -0.15) is 0 Å². The van der Waals surface area contributed by atoms with Crippen LogP contribution >= 0.6 is 0 Å². The SMILES string of the molecule is C=Cc1cc(C(=O)O)ccc1-c1c2nc(c(-c3ccc(C(=O)O)cc3C=C)c3ccc([nH]3)c(-c3ccc(C(=O)O)cc3C=C)c3nc(c(-c4ccc(C(=O)O)cc4C=C)c4ccc1[nH]4)C=C3)C=C2. The fraction of sp³-hybridized carbons (Fsp3) is 0. The highest BCUT2D eigenvalue weighted by atomic mass is 16.4. The number of rotatable bonds is 12. The number of aromatic nitrogens is 4. The Balaban J connectivity index is 1.51. The summed E-state index contributed by atoms with van der Waals surface area (Å²) in [5.41, 5.74) is 11.5. The number of nitrogens with zero attached hydrogens (tertiary/aromatic N) is 2. The molecule has 0 fully saturated rings. The Hall–Kier alpha value is -9.68. The Morgan fingerprint density at radius 3 is 0.779 bits per heavy atom. The van der Waals surface area contributed by atoms with Crippen LogP contribution in [0.2, 0.25) is 0 Å². The molecule has 12 heteroatoms. The molecule has 6 N–H and O–H groups in total. The van der Waals surface area contributed by atoms with Gasteiger partial charge in [0.1, 0.15) is 0 Å². The smallest absolute Gasteiger partial charge is 0.335 e. The number of aromatic carboxylic acids is 4. The molecule has 0 amide bonds. The van der Waals surface area contributed by atoms with Crippen LogP contribution in [0.25, 0.3) is 115 Å². The van der Waals surface area contributed by atoms with Crippen LogP contribution in [0.3, 0.4) is 0 Å². The summed E-state index contributed by atoms with van der Waals surface area (Å²) in [6.07, 6.45) is 13.7. The van der Waals surface area contributed by atoms with E-state index in [4.69, 9.17) is 9.97 Å². The second-order valence-corrected chi connectivity index (χ2v) is 15.7. The number of benzene rings is 4. The van der Waals surface area contributed by atoms with Gasteiger partial charge in [-0.1, -0.05) is 74.9 Å². The van der Waals surface area contributed by atoms with E-state index in [1.165, 1.54) is 48.5 Å². The number of aromatic amines is 2. The lowest BCUT2D eigenvalue weighted by Gasteiger charge is -2.12. The van der Waals surface area contributed by atoms with Gasteiger partial charge < -0.3 is 30.4 Å². The van der Waals surface area contributed by atoms with Crippen LogP contribution in [0.15, 0.2) is 123 Å². The van der Waals surface area contributed by atoms with E-state index < -0.39 is 23.9 Å². The van der Waals surface area contributed by atoms with Crippen molar-refractivity contribution in [2.45, 2.75) is 0 Å². The summed E-state index contributed by atoms with van der Waals surface area (Å²) >= 11 is 0. The molecular weight excluding hydrogens is 857 g/mol. The molecule has 5 heterocycles. The highest BCUT2D eigenvalue weighted by Gasteiger charge is 2.23. The lowest BCUT2D eigenvalue weighted by Crippen LogP contribution is -1.99. The normalized spacial score (nSPS) is 11.5. The molecule has 12 nitrogen and oxygen atoms in total. The second-order valence-electron chi connectivity index (χ2n) is 15.7. The fourth-order valence-corrected chi connectivity index (χ4v) is 8.71. The third-order valence-electron chi connectivity index (χ3n) is 11.9. The highest BCUT2D eigenvalue weighted by molar-refractivity contribution is 6.04. The van der Waals surface area contributed by atoms with Crippen LogP contribution in [0.4, 0.5) is 0 Å². The molecule has 0 spiro atoms. The first-order chi connectivity index (χ1) is 32.8. The van der Waals surface area contributed by atoms with Crippen molar-refractivity contribution in [3.05, 3.63) is 191 Å². The van der Waals surface area contributed by atoms with E-state index in [0.717, 1.165) is 0 Å². The minimum Gasteiger partial charge on any atom is -0.478 e. The number of H-pyrrole nitrogens is 2. The zero-order valence-corrected chi connectivity index (χ0v) is 36.0. The van der Waals surface area contributed by atoms with Crippen LogP contribution in [-0.2, 0) is 0 Å². The predicted molar refractivity (Wildman–Crippen MR) is 269 cm³/mol. The Morgan fingerprint density at radius 1 is 0.368 bits per heavy atom. The zero-order valence-electron chi connectivity index (χ0n) is 36.0. The van der Waals surface area contributed by atoms with Crippen molar-refractivity contribution in [1.82, 2.24) is 19.9 Å². The lowest BCUT2D eigenvalue weighted by molar-refractivity contribution is 0.0686. The summed E-state index contributed by atoms with van der Waals surface area (Å²) in [4.78, 5) is 66.5. The largest absolute Gasteiger partial charge is 0.478 e. The van der Waals surface area contributed by atoms with E-state index in [9.17, 15) is 39.6 Å². The molecule has 3 aromatic heterocycles. The van der Waals surface area contributed by atoms with Crippen molar-refractivity contribution in [2.24, 2.45) is 0 Å². The molecule has 8 bridgehead atoms. The average molecular weight is 895 g/mol. The molecule has 4 aromatic carbocycles. The summed E-state index contributed by atoms with van der Waals surface area (Å²) in [7, 11) is 0. The van der Waals surface area contributed by atoms with E-state index in [0.29, 0.717) is 112 Å². The van der Waals surface area contributed by atoms with Crippen LogP contribution < -0.4 is 0 Å². The molecule has 0 saturated heterocycles. The Kier molecular flexibility index (Phi) is 11.1. The van der Waals surface area contributed by atoms with Gasteiger partial charge in [0.2, 0.25) is 0 Å². The lowest BCUT2D eigenvalue weighted by atomic mass is 9.96. The third kappa shape index (κ3) is 7.63. The van der Waals surface area contributed by atoms with Gasteiger partial charge in [0.05, 0.1) is 45.0 Å². The van der Waals surface area contributed by atoms with Crippen molar-refractivity contribution in [1.29, 1.82) is 0 Å².